The molecule has 0 saturated heterocycles. The second-order valence-corrected chi connectivity index (χ2v) is 5.38. The summed E-state index contributed by atoms with van der Waals surface area (Å²) in [7, 11) is 0. The smallest absolute Gasteiger partial charge is 0.123 e. The minimum Gasteiger partial charge on any atom is -0.302 e. The topological polar surface area (TPSA) is 24.9 Å². The average molecular weight is 264 g/mol. The van der Waals surface area contributed by atoms with E-state index in [4.69, 9.17) is 0 Å². The van der Waals surface area contributed by atoms with Gasteiger partial charge in [-0.05, 0) is 38.5 Å². The van der Waals surface area contributed by atoms with Gasteiger partial charge in [-0.2, -0.15) is 0 Å². The van der Waals surface area contributed by atoms with Crippen molar-refractivity contribution >= 4 is 11.3 Å². The molecule has 0 saturated carbocycles. The summed E-state index contributed by atoms with van der Waals surface area (Å²) in [5.74, 6) is -0.195. The Bertz CT molecular complexity index is 524. The summed E-state index contributed by atoms with van der Waals surface area (Å²) in [5, 5.41) is 6.54. The number of halogens is 1. The Morgan fingerprint density at radius 3 is 2.67 bits per heavy atom. The maximum atomic E-state index is 13.2. The van der Waals surface area contributed by atoms with Crippen LogP contribution in [0.4, 0.5) is 4.39 Å². The lowest BCUT2D eigenvalue weighted by molar-refractivity contribution is 0.490. The molecule has 96 valence electrons. The maximum absolute atomic E-state index is 13.2. The average Bonchev–Trinajstić information content (AvgIpc) is 2.76. The van der Waals surface area contributed by atoms with Crippen LogP contribution in [0.2, 0.25) is 0 Å². The standard InChI is InChI=1S/C14H17FN2S/c1-9-8-18-14(16-9)11(3)17-10(2)12-5-4-6-13(15)7-12/h4-8,10-11,17H,1-3H3. The van der Waals surface area contributed by atoms with Gasteiger partial charge in [0.2, 0.25) is 0 Å². The largest absolute Gasteiger partial charge is 0.302 e. The van der Waals surface area contributed by atoms with Gasteiger partial charge in [0.1, 0.15) is 10.8 Å². The fourth-order valence-corrected chi connectivity index (χ4v) is 2.70. The van der Waals surface area contributed by atoms with Crippen molar-refractivity contribution in [1.82, 2.24) is 10.3 Å². The summed E-state index contributed by atoms with van der Waals surface area (Å²) in [4.78, 5) is 4.46. The summed E-state index contributed by atoms with van der Waals surface area (Å²) in [6, 6.07) is 6.96. The van der Waals surface area contributed by atoms with Crippen LogP contribution in [0.25, 0.3) is 0 Å². The number of benzene rings is 1. The van der Waals surface area contributed by atoms with E-state index >= 15 is 0 Å². The molecule has 4 heteroatoms. The lowest BCUT2D eigenvalue weighted by Crippen LogP contribution is -2.22. The first-order chi connectivity index (χ1) is 8.56. The summed E-state index contributed by atoms with van der Waals surface area (Å²) in [6.07, 6.45) is 0. The molecule has 1 N–H and O–H groups in total. The number of thiazole rings is 1. The van der Waals surface area contributed by atoms with Crippen LogP contribution in [0, 0.1) is 12.7 Å². The van der Waals surface area contributed by atoms with E-state index in [0.717, 1.165) is 16.3 Å². The molecule has 0 aliphatic heterocycles. The number of hydrogen-bond donors (Lipinski definition) is 1. The van der Waals surface area contributed by atoms with Crippen LogP contribution >= 0.6 is 11.3 Å². The number of rotatable bonds is 4. The van der Waals surface area contributed by atoms with Gasteiger partial charge in [-0.3, -0.25) is 0 Å². The van der Waals surface area contributed by atoms with E-state index in [2.05, 4.69) is 17.2 Å². The van der Waals surface area contributed by atoms with Gasteiger partial charge in [0.25, 0.3) is 0 Å². The van der Waals surface area contributed by atoms with E-state index in [0.29, 0.717) is 0 Å². The molecule has 0 fully saturated rings. The molecular formula is C14H17FN2S. The number of nitrogens with zero attached hydrogens (tertiary/aromatic N) is 1. The number of hydrogen-bond acceptors (Lipinski definition) is 3. The molecule has 0 amide bonds. The van der Waals surface area contributed by atoms with Gasteiger partial charge in [0.15, 0.2) is 0 Å². The molecule has 1 aromatic heterocycles. The van der Waals surface area contributed by atoms with E-state index in [1.807, 2.05) is 25.3 Å². The summed E-state index contributed by atoms with van der Waals surface area (Å²) in [5.41, 5.74) is 2.00. The lowest BCUT2D eigenvalue weighted by Gasteiger charge is -2.18. The highest BCUT2D eigenvalue weighted by Gasteiger charge is 2.13. The molecule has 0 radical (unpaired) electrons. The first-order valence-electron chi connectivity index (χ1n) is 6.00. The fourth-order valence-electron chi connectivity index (χ4n) is 1.89. The van der Waals surface area contributed by atoms with Crippen LogP contribution in [-0.4, -0.2) is 4.98 Å². The lowest BCUT2D eigenvalue weighted by atomic mass is 10.1. The first-order valence-corrected chi connectivity index (χ1v) is 6.88. The molecule has 2 rings (SSSR count). The van der Waals surface area contributed by atoms with Crippen molar-refractivity contribution in [1.29, 1.82) is 0 Å². The first kappa shape index (κ1) is 13.2. The molecule has 2 nitrogen and oxygen atoms in total. The Morgan fingerprint density at radius 1 is 1.28 bits per heavy atom. The SMILES string of the molecule is Cc1csc(C(C)NC(C)c2cccc(F)c2)n1. The highest BCUT2D eigenvalue weighted by molar-refractivity contribution is 7.09. The van der Waals surface area contributed by atoms with E-state index in [9.17, 15) is 4.39 Å². The Morgan fingerprint density at radius 2 is 2.06 bits per heavy atom. The van der Waals surface area contributed by atoms with Gasteiger partial charge in [-0.1, -0.05) is 12.1 Å². The Hall–Kier alpha value is -1.26. The Balaban J connectivity index is 2.05. The van der Waals surface area contributed by atoms with Crippen molar-refractivity contribution in [2.24, 2.45) is 0 Å². The van der Waals surface area contributed by atoms with Crippen LogP contribution in [0.3, 0.4) is 0 Å². The van der Waals surface area contributed by atoms with Gasteiger partial charge < -0.3 is 5.32 Å². The van der Waals surface area contributed by atoms with Crippen molar-refractivity contribution in [3.05, 3.63) is 51.7 Å². The van der Waals surface area contributed by atoms with Crippen LogP contribution in [0.5, 0.6) is 0 Å². The summed E-state index contributed by atoms with van der Waals surface area (Å²) in [6.45, 7) is 6.10. The van der Waals surface area contributed by atoms with Crippen molar-refractivity contribution in [2.45, 2.75) is 32.9 Å². The highest BCUT2D eigenvalue weighted by atomic mass is 32.1. The molecule has 0 aliphatic carbocycles. The molecule has 18 heavy (non-hydrogen) atoms. The van der Waals surface area contributed by atoms with Gasteiger partial charge in [0.05, 0.1) is 6.04 Å². The predicted molar refractivity (Wildman–Crippen MR) is 73.2 cm³/mol. The second kappa shape index (κ2) is 5.59. The van der Waals surface area contributed by atoms with Crippen LogP contribution in [-0.2, 0) is 0 Å². The molecule has 0 spiro atoms. The van der Waals surface area contributed by atoms with Gasteiger partial charge in [-0.25, -0.2) is 9.37 Å². The third-order valence-corrected chi connectivity index (χ3v) is 4.00. The summed E-state index contributed by atoms with van der Waals surface area (Å²) < 4.78 is 13.2. The van der Waals surface area contributed by atoms with Crippen LogP contribution in [0.15, 0.2) is 29.6 Å². The van der Waals surface area contributed by atoms with E-state index in [1.54, 1.807) is 23.5 Å². The molecule has 2 aromatic rings. The molecule has 1 aromatic carbocycles. The Kier molecular flexibility index (Phi) is 4.09. The van der Waals surface area contributed by atoms with E-state index < -0.39 is 0 Å². The monoisotopic (exact) mass is 264 g/mol. The third kappa shape index (κ3) is 3.15. The van der Waals surface area contributed by atoms with E-state index in [-0.39, 0.29) is 17.9 Å². The minimum atomic E-state index is -0.195. The zero-order chi connectivity index (χ0) is 13.1. The molecular weight excluding hydrogens is 247 g/mol. The van der Waals surface area contributed by atoms with Crippen molar-refractivity contribution in [3.8, 4) is 0 Å². The zero-order valence-electron chi connectivity index (χ0n) is 10.8. The Labute approximate surface area is 111 Å². The van der Waals surface area contributed by atoms with Crippen LogP contribution < -0.4 is 5.32 Å². The molecule has 1 heterocycles. The highest BCUT2D eigenvalue weighted by Crippen LogP contribution is 2.22. The molecule has 2 unspecified atom stereocenters. The maximum Gasteiger partial charge on any atom is 0.123 e. The summed E-state index contributed by atoms with van der Waals surface area (Å²) >= 11 is 1.65. The van der Waals surface area contributed by atoms with Gasteiger partial charge in [0, 0.05) is 17.1 Å². The molecule has 2 atom stereocenters. The minimum absolute atomic E-state index is 0.0971. The van der Waals surface area contributed by atoms with Gasteiger partial charge in [-0.15, -0.1) is 11.3 Å². The second-order valence-electron chi connectivity index (χ2n) is 4.49. The normalized spacial score (nSPS) is 14.4. The molecule has 0 aliphatic rings. The van der Waals surface area contributed by atoms with Crippen molar-refractivity contribution in [3.63, 3.8) is 0 Å². The number of nitrogens with one attached hydrogen (secondary N) is 1. The quantitative estimate of drug-likeness (QED) is 0.902. The number of aryl methyl sites for hydroxylation is 1. The zero-order valence-corrected chi connectivity index (χ0v) is 11.6. The third-order valence-electron chi connectivity index (χ3n) is 2.86. The number of aromatic nitrogens is 1. The van der Waals surface area contributed by atoms with Crippen molar-refractivity contribution < 1.29 is 4.39 Å². The molecule has 0 bridgehead atoms. The van der Waals surface area contributed by atoms with Gasteiger partial charge >= 0.3 is 0 Å². The predicted octanol–water partition coefficient (Wildman–Crippen LogP) is 4.00. The fraction of sp³-hybridized carbons (Fsp3) is 0.357. The van der Waals surface area contributed by atoms with Crippen LogP contribution in [0.1, 0.15) is 42.2 Å². The van der Waals surface area contributed by atoms with Crippen molar-refractivity contribution in [2.75, 3.05) is 0 Å². The van der Waals surface area contributed by atoms with E-state index in [1.165, 1.54) is 6.07 Å².